The van der Waals surface area contributed by atoms with Gasteiger partial charge in [0.25, 0.3) is 0 Å². The second-order valence-electron chi connectivity index (χ2n) is 13.4. The van der Waals surface area contributed by atoms with Gasteiger partial charge < -0.3 is 83.3 Å². The van der Waals surface area contributed by atoms with Crippen LogP contribution in [0.3, 0.4) is 0 Å². The molecule has 0 aliphatic carbocycles. The van der Waals surface area contributed by atoms with Gasteiger partial charge in [0, 0.05) is 13.1 Å². The van der Waals surface area contributed by atoms with Crippen LogP contribution in [0.5, 0.6) is 0 Å². The first-order valence-electron chi connectivity index (χ1n) is 22.1. The number of nitriles is 1. The molecule has 0 fully saturated rings. The summed E-state index contributed by atoms with van der Waals surface area (Å²) in [4.78, 5) is 55.4. The quantitative estimate of drug-likeness (QED) is 0.0150. The van der Waals surface area contributed by atoms with E-state index in [1.807, 2.05) is 19.9 Å². The first-order chi connectivity index (χ1) is 31.6. The number of esters is 1. The molecule has 2 amide bonds. The maximum atomic E-state index is 11.8. The monoisotopic (exact) mass is 1010 g/mol. The fourth-order valence-corrected chi connectivity index (χ4v) is 4.64. The number of carboxylic acids is 1. The van der Waals surface area contributed by atoms with Crippen LogP contribution in [0.4, 0.5) is 0 Å². The van der Waals surface area contributed by atoms with Crippen molar-refractivity contribution in [2.45, 2.75) is 168 Å². The van der Waals surface area contributed by atoms with Crippen LogP contribution in [0.15, 0.2) is 0 Å². The van der Waals surface area contributed by atoms with Crippen molar-refractivity contribution >= 4 is 32.8 Å². The second-order valence-corrected chi connectivity index (χ2v) is 14.1. The van der Waals surface area contributed by atoms with E-state index in [1.54, 1.807) is 6.92 Å². The molecule has 0 rings (SSSR count). The molecule has 0 aliphatic heterocycles. The van der Waals surface area contributed by atoms with E-state index in [-0.39, 0.29) is 95.6 Å². The number of nitrogens with zero attached hydrogens (tertiary/aromatic N) is 5. The van der Waals surface area contributed by atoms with Gasteiger partial charge in [-0.05, 0) is 19.8 Å². The van der Waals surface area contributed by atoms with Gasteiger partial charge in [-0.3, -0.25) is 19.2 Å². The first kappa shape index (κ1) is 79.6. The molecule has 21 heteroatoms. The molecule has 0 aromatic carbocycles. The Hall–Kier alpha value is -4.46. The van der Waals surface area contributed by atoms with E-state index in [0.29, 0.717) is 26.3 Å². The number of carbonyl (C=O) groups excluding carboxylic acids is 3. The Morgan fingerprint density at radius 2 is 1.09 bits per heavy atom. The minimum atomic E-state index is -1.08. The predicted octanol–water partition coefficient (Wildman–Crippen LogP) is 5.71. The maximum Gasteiger partial charge on any atom is 2.00 e. The third kappa shape index (κ3) is 88.9. The van der Waals surface area contributed by atoms with Crippen LogP contribution in [0, 0.1) is 58.0 Å². The molecule has 0 heterocycles. The Balaban J connectivity index is -0.000000114. The van der Waals surface area contributed by atoms with Gasteiger partial charge in [0.05, 0.1) is 50.9 Å². The van der Waals surface area contributed by atoms with Crippen molar-refractivity contribution in [2.75, 3.05) is 52.5 Å². The van der Waals surface area contributed by atoms with Gasteiger partial charge >= 0.3 is 28.4 Å². The molecule has 386 valence electrons. The molecule has 0 saturated heterocycles. The average molecular weight is 1010 g/mol. The molecule has 1 unspecified atom stereocenters. The van der Waals surface area contributed by atoms with Gasteiger partial charge in [0.15, 0.2) is 9.03 Å². The van der Waals surface area contributed by atoms with Crippen molar-refractivity contribution in [2.24, 2.45) is 0 Å². The molecule has 0 aliphatic rings. The number of aliphatic carboxylic acids is 1. The minimum Gasteiger partial charge on any atom is -0.481 e. The number of amides is 2. The predicted molar refractivity (Wildman–Crippen MR) is 255 cm³/mol. The number of carbonyl (C=O) groups is 4. The standard InChI is InChI=1S/C15H26N3O3P.C12H22N2O2.C7H11NO3.C5H7NO3.2C3H7.CHN.Ni/c1-3-4-5-6-7-10-18-15(19)13-14(8-9-16)21-22-20-12-11-17-2;1-3-4-5-6-7-8-14-12(16)9-11(15)10-13-2;1-3-11-7(10)4-6(9)5-8-2;1-6-3-4(7)2-5(8)9;2*1-3-2;1-2;/h14,22H,3-8,10-13H2,1H3,(H,18,19);11,15H,3-10H2,1H3,(H,14,16);6,9H,3-5H2,1H3;4,7H,2-3H2,(H,8,9);2*1,3H2,2H3;2H;/q;;;;2*-1;;+2/t14-;11-;6-;4-;;;;/m1000..../s1. The van der Waals surface area contributed by atoms with Crippen LogP contribution in [-0.4, -0.2) is 121 Å². The smallest absolute Gasteiger partial charge is 0.481 e. The van der Waals surface area contributed by atoms with Crippen molar-refractivity contribution in [3.63, 3.8) is 0 Å². The van der Waals surface area contributed by atoms with Crippen molar-refractivity contribution < 1.29 is 75.1 Å². The normalized spacial score (nSPS) is 10.9. The molecular weight excluding hydrogens is 930 g/mol. The van der Waals surface area contributed by atoms with Gasteiger partial charge in [-0.1, -0.05) is 79.1 Å². The third-order valence-electron chi connectivity index (χ3n) is 6.96. The second kappa shape index (κ2) is 73.1. The summed E-state index contributed by atoms with van der Waals surface area (Å²) in [7, 11) is -0.241. The van der Waals surface area contributed by atoms with Gasteiger partial charge in [-0.25, -0.2) is 32.9 Å². The Kier molecular flexibility index (Phi) is 86.9. The Morgan fingerprint density at radius 1 is 0.687 bits per heavy atom. The molecule has 0 bridgehead atoms. The van der Waals surface area contributed by atoms with E-state index < -0.39 is 36.4 Å². The van der Waals surface area contributed by atoms with Crippen molar-refractivity contribution in [1.82, 2.24) is 10.6 Å². The summed E-state index contributed by atoms with van der Waals surface area (Å²) in [6.45, 7) is 49.9. The van der Waals surface area contributed by atoms with Crippen molar-refractivity contribution in [3.05, 3.63) is 66.1 Å². The van der Waals surface area contributed by atoms with Crippen LogP contribution < -0.4 is 15.9 Å². The van der Waals surface area contributed by atoms with Crippen LogP contribution in [0.1, 0.15) is 144 Å². The van der Waals surface area contributed by atoms with E-state index in [2.05, 4.69) is 62.4 Å². The molecule has 0 radical (unpaired) electrons. The Bertz CT molecular complexity index is 1350. The molecule has 19 nitrogen and oxygen atoms in total. The number of unbranched alkanes of at least 4 members (excludes halogenated alkanes) is 8. The third-order valence-corrected chi connectivity index (χ3v) is 7.71. The van der Waals surface area contributed by atoms with E-state index in [1.165, 1.54) is 38.5 Å². The molecule has 0 aromatic rings. The van der Waals surface area contributed by atoms with Gasteiger partial charge in [-0.15, -0.1) is 0 Å². The van der Waals surface area contributed by atoms with Crippen LogP contribution >= 0.6 is 9.03 Å². The van der Waals surface area contributed by atoms with E-state index in [9.17, 15) is 24.3 Å². The number of aliphatic hydroxyl groups is 3. The SMILES string of the molecule is [C-]#[N+]CCOPO[C@H](CC#N)CC(=O)NCCCCCCC.[C-]#[N+]C[C@@H](O)CC(=O)NCCCCCCC.[C-]#[N+]C[C@@H](O)CC(=O)O.[C-]#[N+]C[C@@H](O)CC(=O)OCC.[C-]#[NH+].[CH2-]CC.[CH2-]CC.[Ni+2]. The van der Waals surface area contributed by atoms with Gasteiger partial charge in [0.1, 0.15) is 24.9 Å². The average Bonchev–Trinajstić information content (AvgIpc) is 3.25. The van der Waals surface area contributed by atoms with Gasteiger partial charge in [0.2, 0.25) is 38.0 Å². The molecule has 7 N–H and O–H groups in total. The Morgan fingerprint density at radius 3 is 1.46 bits per heavy atom. The minimum absolute atomic E-state index is 0. The summed E-state index contributed by atoms with van der Waals surface area (Å²) in [5, 5.41) is 54.2. The number of rotatable bonds is 30. The largest absolute Gasteiger partial charge is 2.00 e. The number of hydrogen-bond donors (Lipinski definition) is 7. The van der Waals surface area contributed by atoms with E-state index in [0.717, 1.165) is 38.5 Å². The van der Waals surface area contributed by atoms with E-state index in [4.69, 9.17) is 67.8 Å². The zero-order valence-corrected chi connectivity index (χ0v) is 42.6. The van der Waals surface area contributed by atoms with Crippen molar-refractivity contribution in [1.29, 1.82) is 5.26 Å². The fraction of sp³-hybridized carbons (Fsp3) is 0.739. The Labute approximate surface area is 415 Å². The zero-order chi connectivity index (χ0) is 52.1. The number of hydrogen-bond acceptors (Lipinski definition) is 11. The molecule has 0 spiro atoms. The van der Waals surface area contributed by atoms with Crippen LogP contribution in [0.25, 0.3) is 19.4 Å². The van der Waals surface area contributed by atoms with Crippen LogP contribution in [-0.2, 0) is 49.5 Å². The number of ether oxygens (including phenoxy) is 1. The zero-order valence-electron chi connectivity index (χ0n) is 40.6. The number of carboxylic acid groups (broad SMARTS) is 1. The molecule has 67 heavy (non-hydrogen) atoms. The summed E-state index contributed by atoms with van der Waals surface area (Å²) in [5.41, 5.74) is 0. The summed E-state index contributed by atoms with van der Waals surface area (Å²) in [6.07, 6.45) is 10.3. The number of aliphatic hydroxyl groups excluding tert-OH is 3. The summed E-state index contributed by atoms with van der Waals surface area (Å²) in [6, 6.07) is 2.01. The number of nitrogens with one attached hydrogen (secondary N) is 3. The summed E-state index contributed by atoms with van der Waals surface area (Å²) >= 11 is 0. The molecule has 0 aromatic heterocycles. The molecule has 5 atom stereocenters. The topological polar surface area (TPSA) is 266 Å². The fourth-order valence-electron chi connectivity index (χ4n) is 4.09. The van der Waals surface area contributed by atoms with E-state index >= 15 is 0 Å². The summed E-state index contributed by atoms with van der Waals surface area (Å²) < 4.78 is 15.1. The summed E-state index contributed by atoms with van der Waals surface area (Å²) in [5.74, 6) is -1.79. The van der Waals surface area contributed by atoms with Crippen molar-refractivity contribution in [3.8, 4) is 6.07 Å². The van der Waals surface area contributed by atoms with Crippen LogP contribution in [0.2, 0.25) is 0 Å². The van der Waals surface area contributed by atoms with Gasteiger partial charge in [-0.2, -0.15) is 18.1 Å². The molecule has 0 saturated carbocycles. The molecular formula is C46H81N8NiO11P. The first-order valence-corrected chi connectivity index (χ1v) is 23.0. The maximum absolute atomic E-state index is 11.8.